The van der Waals surface area contributed by atoms with E-state index in [0.29, 0.717) is 41.2 Å². The maximum absolute atomic E-state index is 12.0. The van der Waals surface area contributed by atoms with Gasteiger partial charge in [0.1, 0.15) is 12.4 Å². The van der Waals surface area contributed by atoms with Crippen LogP contribution in [0.3, 0.4) is 0 Å². The maximum atomic E-state index is 12.0. The van der Waals surface area contributed by atoms with E-state index < -0.39 is 0 Å². The van der Waals surface area contributed by atoms with Gasteiger partial charge in [-0.2, -0.15) is 0 Å². The van der Waals surface area contributed by atoms with E-state index >= 15 is 0 Å². The highest BCUT2D eigenvalue weighted by Gasteiger charge is 2.15. The van der Waals surface area contributed by atoms with Crippen LogP contribution in [-0.4, -0.2) is 17.6 Å². The van der Waals surface area contributed by atoms with Crippen LogP contribution in [-0.2, 0) is 16.1 Å². The van der Waals surface area contributed by atoms with Crippen molar-refractivity contribution in [3.8, 4) is 17.4 Å². The second kappa shape index (κ2) is 11.0. The van der Waals surface area contributed by atoms with Gasteiger partial charge in [0.05, 0.1) is 17.8 Å². The minimum Gasteiger partial charge on any atom is -0.487 e. The highest BCUT2D eigenvalue weighted by molar-refractivity contribution is 6.32. The fourth-order valence-electron chi connectivity index (χ4n) is 3.15. The van der Waals surface area contributed by atoms with E-state index in [0.717, 1.165) is 22.3 Å². The quantitative estimate of drug-likeness (QED) is 0.263. The normalized spacial score (nSPS) is 11.6. The number of hydrogen-bond acceptors (Lipinski definition) is 5. The molecular weight excluding hydrogens is 438 g/mol. The van der Waals surface area contributed by atoms with Gasteiger partial charge in [-0.3, -0.25) is 0 Å². The summed E-state index contributed by atoms with van der Waals surface area (Å²) in [5.74, 6) is 1.24. The molecule has 1 heterocycles. The van der Waals surface area contributed by atoms with Crippen molar-refractivity contribution in [2.75, 3.05) is 6.61 Å². The van der Waals surface area contributed by atoms with Crippen LogP contribution in [0.5, 0.6) is 17.4 Å². The summed E-state index contributed by atoms with van der Waals surface area (Å²) in [7, 11) is 0. The number of allylic oxidation sites excluding steroid dienone is 1. The van der Waals surface area contributed by atoms with Crippen molar-refractivity contribution in [1.29, 1.82) is 0 Å². The molecule has 0 bridgehead atoms. The molecule has 0 atom stereocenters. The summed E-state index contributed by atoms with van der Waals surface area (Å²) in [5.41, 5.74) is 5.32. The van der Waals surface area contributed by atoms with Gasteiger partial charge in [-0.05, 0) is 75.1 Å². The summed E-state index contributed by atoms with van der Waals surface area (Å²) in [5, 5.41) is 0.433. The number of hydrogen-bond donors (Lipinski definition) is 0. The molecule has 0 radical (unpaired) electrons. The molecule has 33 heavy (non-hydrogen) atoms. The van der Waals surface area contributed by atoms with E-state index in [4.69, 9.17) is 25.8 Å². The third kappa shape index (κ3) is 6.36. The number of esters is 1. The molecule has 1 aromatic heterocycles. The molecule has 0 spiro atoms. The molecule has 0 aliphatic heterocycles. The van der Waals surface area contributed by atoms with Crippen molar-refractivity contribution in [3.63, 3.8) is 0 Å². The lowest BCUT2D eigenvalue weighted by Crippen LogP contribution is -2.07. The van der Waals surface area contributed by atoms with Crippen LogP contribution in [0.4, 0.5) is 0 Å². The van der Waals surface area contributed by atoms with Gasteiger partial charge in [-0.15, -0.1) is 0 Å². The van der Waals surface area contributed by atoms with E-state index in [-0.39, 0.29) is 5.97 Å². The summed E-state index contributed by atoms with van der Waals surface area (Å²) in [6.45, 7) is 10.1. The summed E-state index contributed by atoms with van der Waals surface area (Å²) in [4.78, 5) is 16.4. The smallest absolute Gasteiger partial charge is 0.333 e. The van der Waals surface area contributed by atoms with Crippen LogP contribution in [0.15, 0.2) is 60.3 Å². The minimum atomic E-state index is -0.335. The number of ether oxygens (including phenoxy) is 3. The van der Waals surface area contributed by atoms with Crippen LogP contribution < -0.4 is 9.47 Å². The van der Waals surface area contributed by atoms with Gasteiger partial charge in [0, 0.05) is 11.6 Å². The van der Waals surface area contributed by atoms with E-state index in [2.05, 4.69) is 24.0 Å². The Hall–Kier alpha value is -3.31. The number of carbonyl (C=O) groups is 1. The molecular formula is C27H28ClNO4. The zero-order valence-electron chi connectivity index (χ0n) is 19.6. The predicted octanol–water partition coefficient (Wildman–Crippen LogP) is 7.08. The van der Waals surface area contributed by atoms with Crippen molar-refractivity contribution < 1.29 is 19.0 Å². The van der Waals surface area contributed by atoms with Crippen molar-refractivity contribution in [1.82, 2.24) is 4.98 Å². The Morgan fingerprint density at radius 3 is 2.36 bits per heavy atom. The largest absolute Gasteiger partial charge is 0.487 e. The monoisotopic (exact) mass is 465 g/mol. The van der Waals surface area contributed by atoms with Crippen LogP contribution in [0.1, 0.15) is 43.0 Å². The Morgan fingerprint density at radius 2 is 1.76 bits per heavy atom. The molecule has 0 fully saturated rings. The molecule has 6 heteroatoms. The lowest BCUT2D eigenvalue weighted by molar-refractivity contribution is -0.138. The van der Waals surface area contributed by atoms with E-state index in [1.54, 1.807) is 32.2 Å². The Bertz CT molecular complexity index is 1130. The average molecular weight is 466 g/mol. The van der Waals surface area contributed by atoms with Gasteiger partial charge >= 0.3 is 5.97 Å². The Balaban J connectivity index is 1.71. The standard InChI is InChI=1S/C27H28ClNO4/c1-6-31-27(30)20(5)19(4)22-13-18(3)26(24(28)14-22)33-25-12-11-23(15-29-25)32-16-21-9-7-17(2)8-10-21/h7-15H,6,16H2,1-5H3/b20-19+. The molecule has 5 nitrogen and oxygen atoms in total. The third-order valence-electron chi connectivity index (χ3n) is 5.25. The first-order valence-corrected chi connectivity index (χ1v) is 11.1. The highest BCUT2D eigenvalue weighted by Crippen LogP contribution is 2.36. The first-order valence-electron chi connectivity index (χ1n) is 10.8. The Morgan fingerprint density at radius 1 is 1.03 bits per heavy atom. The molecule has 0 N–H and O–H groups in total. The molecule has 0 saturated carbocycles. The number of aromatic nitrogens is 1. The lowest BCUT2D eigenvalue weighted by atomic mass is 10.00. The maximum Gasteiger partial charge on any atom is 0.333 e. The van der Waals surface area contributed by atoms with Gasteiger partial charge < -0.3 is 14.2 Å². The van der Waals surface area contributed by atoms with Crippen LogP contribution >= 0.6 is 11.6 Å². The second-order valence-electron chi connectivity index (χ2n) is 7.78. The molecule has 3 aromatic rings. The second-order valence-corrected chi connectivity index (χ2v) is 8.19. The van der Waals surface area contributed by atoms with Crippen molar-refractivity contribution in [2.24, 2.45) is 0 Å². The van der Waals surface area contributed by atoms with Gasteiger partial charge in [-0.1, -0.05) is 41.4 Å². The Kier molecular flexibility index (Phi) is 8.12. The molecule has 0 aliphatic carbocycles. The Labute approximate surface area is 200 Å². The van der Waals surface area contributed by atoms with Gasteiger partial charge in [0.25, 0.3) is 0 Å². The average Bonchev–Trinajstić information content (AvgIpc) is 2.81. The summed E-state index contributed by atoms with van der Waals surface area (Å²) >= 11 is 6.52. The molecule has 2 aromatic carbocycles. The SMILES string of the molecule is CCOC(=O)/C(C)=C(\C)c1cc(C)c(Oc2ccc(OCc3ccc(C)cc3)cn2)c(Cl)c1. The number of nitrogens with zero attached hydrogens (tertiary/aromatic N) is 1. The molecule has 0 unspecified atom stereocenters. The summed E-state index contributed by atoms with van der Waals surface area (Å²) in [6, 6.07) is 15.5. The fourth-order valence-corrected chi connectivity index (χ4v) is 3.46. The number of carbonyl (C=O) groups excluding carboxylic acids is 1. The summed E-state index contributed by atoms with van der Waals surface area (Å²) < 4.78 is 16.8. The number of aryl methyl sites for hydroxylation is 2. The lowest BCUT2D eigenvalue weighted by Gasteiger charge is -2.14. The zero-order valence-corrected chi connectivity index (χ0v) is 20.3. The predicted molar refractivity (Wildman–Crippen MR) is 131 cm³/mol. The number of pyridine rings is 1. The van der Waals surface area contributed by atoms with Crippen molar-refractivity contribution in [2.45, 2.75) is 41.2 Å². The first kappa shape index (κ1) is 24.3. The van der Waals surface area contributed by atoms with Gasteiger partial charge in [-0.25, -0.2) is 9.78 Å². The van der Waals surface area contributed by atoms with E-state index in [1.165, 1.54) is 5.56 Å². The van der Waals surface area contributed by atoms with E-state index in [1.807, 2.05) is 38.1 Å². The summed E-state index contributed by atoms with van der Waals surface area (Å²) in [6.07, 6.45) is 1.62. The van der Waals surface area contributed by atoms with Gasteiger partial charge in [0.15, 0.2) is 5.75 Å². The van der Waals surface area contributed by atoms with E-state index in [9.17, 15) is 4.79 Å². The van der Waals surface area contributed by atoms with Crippen LogP contribution in [0.2, 0.25) is 5.02 Å². The molecule has 0 saturated heterocycles. The third-order valence-corrected chi connectivity index (χ3v) is 5.53. The molecule has 0 amide bonds. The van der Waals surface area contributed by atoms with Crippen molar-refractivity contribution in [3.05, 3.63) is 87.6 Å². The topological polar surface area (TPSA) is 57.7 Å². The molecule has 172 valence electrons. The number of halogens is 1. The van der Waals surface area contributed by atoms with Gasteiger partial charge in [0.2, 0.25) is 5.88 Å². The minimum absolute atomic E-state index is 0.332. The van der Waals surface area contributed by atoms with Crippen LogP contribution in [0.25, 0.3) is 5.57 Å². The highest BCUT2D eigenvalue weighted by atomic mass is 35.5. The van der Waals surface area contributed by atoms with Crippen molar-refractivity contribution >= 4 is 23.1 Å². The first-order chi connectivity index (χ1) is 15.8. The zero-order chi connectivity index (χ0) is 24.0. The molecule has 0 aliphatic rings. The fraction of sp³-hybridized carbons (Fsp3) is 0.259. The number of rotatable bonds is 8. The van der Waals surface area contributed by atoms with Crippen LogP contribution in [0, 0.1) is 13.8 Å². The molecule has 3 rings (SSSR count). The number of benzene rings is 2.